The summed E-state index contributed by atoms with van der Waals surface area (Å²) in [4.78, 5) is 27.5. The fraction of sp³-hybridized carbons (Fsp3) is 0.429. The molecule has 0 aromatic heterocycles. The lowest BCUT2D eigenvalue weighted by Crippen LogP contribution is -2.55. The smallest absolute Gasteiger partial charge is 0.324 e. The zero-order valence-electron chi connectivity index (χ0n) is 25.1. The summed E-state index contributed by atoms with van der Waals surface area (Å²) in [6.07, 6.45) is 6.15. The minimum Gasteiger partial charge on any atom is -0.550 e. The van der Waals surface area contributed by atoms with Crippen LogP contribution in [0.15, 0.2) is 78.9 Å². The van der Waals surface area contributed by atoms with Crippen LogP contribution in [0.1, 0.15) is 70.8 Å². The molecule has 0 N–H and O–H groups in total. The number of methoxy groups -OCH3 is 2. The zero-order chi connectivity index (χ0) is 29.7. The Kier molecular flexibility index (Phi) is 12.0. The molecule has 0 bridgehead atoms. The van der Waals surface area contributed by atoms with Gasteiger partial charge in [0.05, 0.1) is 27.2 Å². The van der Waals surface area contributed by atoms with Gasteiger partial charge in [-0.15, -0.1) is 0 Å². The number of nitrogens with zero attached hydrogens (tertiary/aromatic N) is 1. The molecule has 0 saturated heterocycles. The van der Waals surface area contributed by atoms with E-state index in [1.165, 1.54) is 0 Å². The van der Waals surface area contributed by atoms with Gasteiger partial charge in [-0.05, 0) is 31.0 Å². The number of amides is 1. The van der Waals surface area contributed by atoms with Crippen molar-refractivity contribution in [1.82, 2.24) is 4.48 Å². The summed E-state index contributed by atoms with van der Waals surface area (Å²) in [6, 6.07) is 25.0. The van der Waals surface area contributed by atoms with E-state index < -0.39 is 11.4 Å². The Bertz CT molecular complexity index is 1200. The Morgan fingerprint density at radius 1 is 0.805 bits per heavy atom. The average molecular weight is 560 g/mol. The molecule has 3 aromatic carbocycles. The fourth-order valence-corrected chi connectivity index (χ4v) is 5.75. The number of quaternary nitrogens is 1. The number of carbonyl (C=O) groups excluding carboxylic acids is 2. The number of carboxylic acids is 1. The van der Waals surface area contributed by atoms with Crippen LogP contribution in [0.2, 0.25) is 0 Å². The minimum absolute atomic E-state index is 0.112. The van der Waals surface area contributed by atoms with Crippen molar-refractivity contribution in [2.24, 2.45) is 5.41 Å². The van der Waals surface area contributed by atoms with Gasteiger partial charge in [0.2, 0.25) is 0 Å². The lowest BCUT2D eigenvalue weighted by Gasteiger charge is -2.40. The lowest BCUT2D eigenvalue weighted by atomic mass is 9.76. The standard InChI is InChI=1S/C35H45NO5/c1-5-7-8-9-16-24-35(6-2,34(38)39)27-33(37)36(29-17-12-10-13-18-29,30-19-14-11-15-20-30)25-23-28-26-31(40-3)21-22-32(28)41-4/h10-15,17-22,26H,5-9,16,23-25,27H2,1-4H3. The molecular formula is C35H45NO5. The van der Waals surface area contributed by atoms with Crippen molar-refractivity contribution in [2.45, 2.75) is 71.6 Å². The third-order valence-corrected chi connectivity index (χ3v) is 8.38. The third kappa shape index (κ3) is 7.56. The molecule has 41 heavy (non-hydrogen) atoms. The van der Waals surface area contributed by atoms with Gasteiger partial charge in [0, 0.05) is 47.6 Å². The number of unbranched alkanes of at least 4 members (excludes halogenated alkanes) is 4. The van der Waals surface area contributed by atoms with Crippen molar-refractivity contribution >= 4 is 23.3 Å². The van der Waals surface area contributed by atoms with E-state index in [0.29, 0.717) is 37.3 Å². The summed E-state index contributed by atoms with van der Waals surface area (Å²) in [5.41, 5.74) is 1.25. The maximum Gasteiger partial charge on any atom is 0.324 e. The van der Waals surface area contributed by atoms with Gasteiger partial charge in [0.1, 0.15) is 22.9 Å². The molecule has 0 fully saturated rings. The number of hydrogen-bond acceptors (Lipinski definition) is 5. The quantitative estimate of drug-likeness (QED) is 0.131. The number of benzene rings is 3. The van der Waals surface area contributed by atoms with E-state index in [1.54, 1.807) is 14.2 Å². The van der Waals surface area contributed by atoms with Crippen LogP contribution < -0.4 is 19.1 Å². The summed E-state index contributed by atoms with van der Waals surface area (Å²) in [5.74, 6) is 0.110. The van der Waals surface area contributed by atoms with Gasteiger partial charge >= 0.3 is 5.91 Å². The van der Waals surface area contributed by atoms with Crippen molar-refractivity contribution in [1.29, 1.82) is 0 Å². The Morgan fingerprint density at radius 2 is 1.41 bits per heavy atom. The Labute approximate surface area is 245 Å². The first-order valence-corrected chi connectivity index (χ1v) is 14.8. The van der Waals surface area contributed by atoms with Gasteiger partial charge in [-0.3, -0.25) is 0 Å². The van der Waals surface area contributed by atoms with Gasteiger partial charge in [-0.25, -0.2) is 4.79 Å². The highest BCUT2D eigenvalue weighted by Crippen LogP contribution is 2.41. The maximum atomic E-state index is 14.8. The zero-order valence-corrected chi connectivity index (χ0v) is 25.1. The van der Waals surface area contributed by atoms with Crippen molar-refractivity contribution in [3.63, 3.8) is 0 Å². The molecule has 0 radical (unpaired) electrons. The number of ether oxygens (including phenoxy) is 2. The molecular weight excluding hydrogens is 514 g/mol. The fourth-order valence-electron chi connectivity index (χ4n) is 5.75. The Balaban J connectivity index is 2.10. The van der Waals surface area contributed by atoms with E-state index in [4.69, 9.17) is 9.47 Å². The largest absolute Gasteiger partial charge is 0.550 e. The molecule has 0 aliphatic rings. The number of hydrogen-bond donors (Lipinski definition) is 0. The van der Waals surface area contributed by atoms with Gasteiger partial charge in [-0.2, -0.15) is 4.48 Å². The van der Waals surface area contributed by atoms with Crippen molar-refractivity contribution in [3.05, 3.63) is 84.4 Å². The van der Waals surface area contributed by atoms with E-state index in [-0.39, 0.29) is 16.8 Å². The molecule has 0 spiro atoms. The number of para-hydroxylation sites is 2. The van der Waals surface area contributed by atoms with Crippen molar-refractivity contribution < 1.29 is 24.2 Å². The molecule has 0 aliphatic carbocycles. The second-order valence-corrected chi connectivity index (χ2v) is 10.8. The van der Waals surface area contributed by atoms with Crippen molar-refractivity contribution in [2.75, 3.05) is 20.8 Å². The summed E-state index contributed by atoms with van der Waals surface area (Å²) in [7, 11) is 3.25. The molecule has 0 heterocycles. The second kappa shape index (κ2) is 15.4. The monoisotopic (exact) mass is 559 g/mol. The number of carboxylic acid groups (broad SMARTS) is 1. The summed E-state index contributed by atoms with van der Waals surface area (Å²) >= 11 is 0. The summed E-state index contributed by atoms with van der Waals surface area (Å²) in [6.45, 7) is 4.39. The molecule has 220 valence electrons. The number of rotatable bonds is 17. The topological polar surface area (TPSA) is 75.7 Å². The van der Waals surface area contributed by atoms with Crippen molar-refractivity contribution in [3.8, 4) is 11.5 Å². The van der Waals surface area contributed by atoms with Crippen LogP contribution >= 0.6 is 0 Å². The maximum absolute atomic E-state index is 14.8. The van der Waals surface area contributed by atoms with E-state index in [1.807, 2.05) is 85.8 Å². The SMILES string of the molecule is CCCCCCCC(CC)(CC(=O)[N+](CCc1cc(OC)ccc1OC)(c1ccccc1)c1ccccc1)C(=O)[O-]. The normalized spacial score (nSPS) is 12.9. The number of aliphatic carboxylic acids is 1. The van der Waals surface area contributed by atoms with Gasteiger partial charge in [0.25, 0.3) is 0 Å². The van der Waals surface area contributed by atoms with E-state index in [0.717, 1.165) is 49.0 Å². The molecule has 6 nitrogen and oxygen atoms in total. The van der Waals surface area contributed by atoms with E-state index >= 15 is 0 Å². The second-order valence-electron chi connectivity index (χ2n) is 10.8. The van der Waals surface area contributed by atoms with Gasteiger partial charge in [-0.1, -0.05) is 82.3 Å². The van der Waals surface area contributed by atoms with Crippen LogP contribution in [-0.2, 0) is 16.0 Å². The minimum atomic E-state index is -1.23. The number of carbonyl (C=O) groups is 2. The highest BCUT2D eigenvalue weighted by atomic mass is 16.5. The van der Waals surface area contributed by atoms with E-state index in [9.17, 15) is 14.7 Å². The van der Waals surface area contributed by atoms with Gasteiger partial charge < -0.3 is 19.4 Å². The first-order valence-electron chi connectivity index (χ1n) is 14.8. The predicted octanol–water partition coefficient (Wildman–Crippen LogP) is 7.01. The molecule has 0 saturated carbocycles. The summed E-state index contributed by atoms with van der Waals surface area (Å²) < 4.78 is 11.0. The van der Waals surface area contributed by atoms with Crippen LogP contribution in [0.25, 0.3) is 0 Å². The van der Waals surface area contributed by atoms with Crippen LogP contribution in [0, 0.1) is 5.41 Å². The molecule has 1 amide bonds. The van der Waals surface area contributed by atoms with Crippen LogP contribution in [0.5, 0.6) is 11.5 Å². The van der Waals surface area contributed by atoms with Crippen LogP contribution in [-0.4, -0.2) is 32.6 Å². The molecule has 1 unspecified atom stereocenters. The molecule has 3 aromatic rings. The lowest BCUT2D eigenvalue weighted by molar-refractivity contribution is -0.320. The highest BCUT2D eigenvalue weighted by molar-refractivity contribution is 5.97. The highest BCUT2D eigenvalue weighted by Gasteiger charge is 2.46. The third-order valence-electron chi connectivity index (χ3n) is 8.38. The summed E-state index contributed by atoms with van der Waals surface area (Å²) in [5, 5.41) is 12.7. The molecule has 6 heteroatoms. The first-order chi connectivity index (χ1) is 19.9. The van der Waals surface area contributed by atoms with E-state index in [2.05, 4.69) is 6.92 Å². The first kappa shape index (κ1) is 31.9. The molecule has 0 aliphatic heterocycles. The predicted molar refractivity (Wildman–Crippen MR) is 163 cm³/mol. The molecule has 3 rings (SSSR count). The Morgan fingerprint density at radius 3 is 1.93 bits per heavy atom. The van der Waals surface area contributed by atoms with Crippen LogP contribution in [0.3, 0.4) is 0 Å². The molecule has 1 atom stereocenters. The van der Waals surface area contributed by atoms with Gasteiger partial charge in [0.15, 0.2) is 0 Å². The average Bonchev–Trinajstić information content (AvgIpc) is 3.01. The Hall–Kier alpha value is -3.64. The van der Waals surface area contributed by atoms with Crippen LogP contribution in [0.4, 0.5) is 11.4 Å².